The second-order valence-corrected chi connectivity index (χ2v) is 19.9. The number of methoxy groups -OCH3 is 1. The van der Waals surface area contributed by atoms with E-state index in [4.69, 9.17) is 4.74 Å². The summed E-state index contributed by atoms with van der Waals surface area (Å²) in [6, 6.07) is 8.75. The second-order valence-electron chi connectivity index (χ2n) is 17.8. The third-order valence-electron chi connectivity index (χ3n) is 15.3. The molecule has 1 aromatic carbocycles. The number of sulfone groups is 1. The molecule has 0 aromatic heterocycles. The zero-order valence-electron chi connectivity index (χ0n) is 29.6. The Hall–Kier alpha value is -1.16. The molecule has 0 radical (unpaired) electrons. The highest BCUT2D eigenvalue weighted by molar-refractivity contribution is 7.92. The van der Waals surface area contributed by atoms with Crippen molar-refractivity contribution >= 4 is 9.84 Å². The number of alkyl halides is 3. The van der Waals surface area contributed by atoms with E-state index in [0.29, 0.717) is 66.8 Å². The molecule has 0 bridgehead atoms. The van der Waals surface area contributed by atoms with Gasteiger partial charge in [0.25, 0.3) is 0 Å². The number of ether oxygens (including phenoxy) is 1. The highest BCUT2D eigenvalue weighted by Crippen LogP contribution is 2.70. The van der Waals surface area contributed by atoms with Crippen molar-refractivity contribution in [3.05, 3.63) is 30.3 Å². The standard InChI is InChI=1S/C39H59F3O5S/c1-25-21-32-30-12-11-28-22-38(44,39(40,41)42)20-19-35(28,3)31(30)15-16-36(32,4)34(25)26(2)33(48(45,46)29-9-7-6-8-10-29)23-37(43)17-13-27(14-18-37)24-47-5/h6-10,25-28,30-34,43-44H,11-24H2,1-5H3/t25-,26+,27?,28-,30+,31-,32-,33?,34+,35-,36-,37?,38-/m0/s1. The zero-order chi connectivity index (χ0) is 34.9. The highest BCUT2D eigenvalue weighted by Gasteiger charge is 2.66. The first-order chi connectivity index (χ1) is 22.4. The van der Waals surface area contributed by atoms with Crippen molar-refractivity contribution in [2.45, 2.75) is 139 Å². The molecule has 2 N–H and O–H groups in total. The largest absolute Gasteiger partial charge is 0.417 e. The number of aliphatic hydroxyl groups is 2. The molecule has 5 fully saturated rings. The molecule has 0 saturated heterocycles. The van der Waals surface area contributed by atoms with Crippen LogP contribution in [-0.2, 0) is 14.6 Å². The maximum atomic E-state index is 14.6. The number of hydrogen-bond acceptors (Lipinski definition) is 5. The van der Waals surface area contributed by atoms with Gasteiger partial charge in [0, 0.05) is 13.7 Å². The molecule has 0 aliphatic heterocycles. The topological polar surface area (TPSA) is 83.8 Å². The maximum absolute atomic E-state index is 14.6. The van der Waals surface area contributed by atoms with Gasteiger partial charge in [-0.2, -0.15) is 13.2 Å². The Labute approximate surface area is 286 Å². The molecule has 1 aromatic rings. The van der Waals surface area contributed by atoms with Crippen molar-refractivity contribution in [3.8, 4) is 0 Å². The Morgan fingerprint density at radius 2 is 1.58 bits per heavy atom. The van der Waals surface area contributed by atoms with Crippen LogP contribution in [0.1, 0.15) is 111 Å². The van der Waals surface area contributed by atoms with E-state index in [1.54, 1.807) is 31.4 Å². The molecule has 5 aliphatic rings. The van der Waals surface area contributed by atoms with Gasteiger partial charge in [0.15, 0.2) is 15.4 Å². The summed E-state index contributed by atoms with van der Waals surface area (Å²) in [6.45, 7) is 9.66. The van der Waals surface area contributed by atoms with Crippen molar-refractivity contribution in [1.29, 1.82) is 0 Å². The van der Waals surface area contributed by atoms with Gasteiger partial charge in [-0.15, -0.1) is 0 Å². The molecule has 5 aliphatic carbocycles. The summed E-state index contributed by atoms with van der Waals surface area (Å²) in [4.78, 5) is 0.317. The van der Waals surface area contributed by atoms with Crippen molar-refractivity contribution in [1.82, 2.24) is 0 Å². The van der Waals surface area contributed by atoms with E-state index in [2.05, 4.69) is 27.7 Å². The Morgan fingerprint density at radius 1 is 0.917 bits per heavy atom. The van der Waals surface area contributed by atoms with Gasteiger partial charge in [-0.05, 0) is 154 Å². The molecule has 6 rings (SSSR count). The normalized spacial score (nSPS) is 44.7. The predicted molar refractivity (Wildman–Crippen MR) is 181 cm³/mol. The van der Waals surface area contributed by atoms with Gasteiger partial charge in [-0.25, -0.2) is 8.42 Å². The third-order valence-corrected chi connectivity index (χ3v) is 17.7. The maximum Gasteiger partial charge on any atom is 0.417 e. The number of rotatable bonds is 8. The van der Waals surface area contributed by atoms with Gasteiger partial charge in [0.2, 0.25) is 0 Å². The van der Waals surface area contributed by atoms with Crippen molar-refractivity contribution in [2.24, 2.45) is 58.2 Å². The van der Waals surface area contributed by atoms with Gasteiger partial charge in [-0.3, -0.25) is 0 Å². The molecular formula is C39H59F3O5S. The minimum atomic E-state index is -4.60. The van der Waals surface area contributed by atoms with Gasteiger partial charge in [-0.1, -0.05) is 45.9 Å². The minimum absolute atomic E-state index is 0.0895. The lowest BCUT2D eigenvalue weighted by Crippen LogP contribution is -2.59. The van der Waals surface area contributed by atoms with Crippen LogP contribution >= 0.6 is 0 Å². The van der Waals surface area contributed by atoms with Crippen LogP contribution in [0.15, 0.2) is 35.2 Å². The summed E-state index contributed by atoms with van der Waals surface area (Å²) in [5.41, 5.74) is -3.94. The number of fused-ring (bicyclic) bond motifs is 5. The molecule has 0 amide bonds. The van der Waals surface area contributed by atoms with Crippen LogP contribution in [0.25, 0.3) is 0 Å². The minimum Gasteiger partial charge on any atom is -0.390 e. The quantitative estimate of drug-likeness (QED) is 0.285. The van der Waals surface area contributed by atoms with Crippen LogP contribution in [0.4, 0.5) is 13.2 Å². The molecular weight excluding hydrogens is 637 g/mol. The van der Waals surface area contributed by atoms with Crippen LogP contribution < -0.4 is 0 Å². The van der Waals surface area contributed by atoms with Crippen LogP contribution in [0.5, 0.6) is 0 Å². The number of halogens is 3. The van der Waals surface area contributed by atoms with Crippen molar-refractivity contribution < 1.29 is 36.5 Å². The van der Waals surface area contributed by atoms with Gasteiger partial charge in [0.1, 0.15) is 0 Å². The van der Waals surface area contributed by atoms with Crippen molar-refractivity contribution in [2.75, 3.05) is 13.7 Å². The first-order valence-electron chi connectivity index (χ1n) is 18.7. The fraction of sp³-hybridized carbons (Fsp3) is 0.846. The van der Waals surface area contributed by atoms with Crippen LogP contribution in [0, 0.1) is 58.2 Å². The SMILES string of the molecule is COCC1CCC(O)(CC([C@@H](C)[C@H]2[C@@H](C)C[C@H]3[C@@H]4CC[C@H]5C[C@](O)(C(F)(F)F)CC[C@]5(C)[C@H]4CC[C@]23C)S(=O)(=O)c2ccccc2)CC1. The Morgan fingerprint density at radius 3 is 2.21 bits per heavy atom. The Kier molecular flexibility index (Phi) is 9.77. The lowest BCUT2D eigenvalue weighted by Gasteiger charge is -2.62. The average molecular weight is 697 g/mol. The first-order valence-corrected chi connectivity index (χ1v) is 20.2. The van der Waals surface area contributed by atoms with Crippen LogP contribution in [-0.4, -0.2) is 55.0 Å². The second kappa shape index (κ2) is 12.8. The van der Waals surface area contributed by atoms with E-state index in [1.807, 2.05) is 6.07 Å². The molecule has 5 saturated carbocycles. The Balaban J connectivity index is 1.27. The third kappa shape index (κ3) is 6.10. The lowest BCUT2D eigenvalue weighted by atomic mass is 9.43. The van der Waals surface area contributed by atoms with E-state index in [-0.39, 0.29) is 47.8 Å². The summed E-state index contributed by atoms with van der Waals surface area (Å²) >= 11 is 0. The molecule has 0 spiro atoms. The zero-order valence-corrected chi connectivity index (χ0v) is 30.5. The van der Waals surface area contributed by atoms with E-state index in [1.165, 1.54) is 0 Å². The Bertz CT molecular complexity index is 1390. The molecule has 1 unspecified atom stereocenters. The molecule has 272 valence electrons. The molecule has 11 atom stereocenters. The summed E-state index contributed by atoms with van der Waals surface area (Å²) in [7, 11) is -2.06. The van der Waals surface area contributed by atoms with Gasteiger partial charge < -0.3 is 14.9 Å². The highest BCUT2D eigenvalue weighted by atomic mass is 32.2. The van der Waals surface area contributed by atoms with Crippen LogP contribution in [0.2, 0.25) is 0 Å². The number of hydrogen-bond donors (Lipinski definition) is 2. The molecule has 48 heavy (non-hydrogen) atoms. The van der Waals surface area contributed by atoms with E-state index < -0.39 is 32.5 Å². The predicted octanol–water partition coefficient (Wildman–Crippen LogP) is 8.62. The summed E-state index contributed by atoms with van der Waals surface area (Å²) in [6.07, 6.45) is 2.84. The molecule has 5 nitrogen and oxygen atoms in total. The van der Waals surface area contributed by atoms with E-state index in [0.717, 1.165) is 38.5 Å². The molecule has 9 heteroatoms. The summed E-state index contributed by atoms with van der Waals surface area (Å²) in [5.74, 6) is 1.59. The van der Waals surface area contributed by atoms with Crippen LogP contribution in [0.3, 0.4) is 0 Å². The fourth-order valence-electron chi connectivity index (χ4n) is 12.8. The average Bonchev–Trinajstić information content (AvgIpc) is 3.31. The van der Waals surface area contributed by atoms with Crippen molar-refractivity contribution in [3.63, 3.8) is 0 Å². The monoisotopic (exact) mass is 696 g/mol. The summed E-state index contributed by atoms with van der Waals surface area (Å²) in [5, 5.41) is 21.9. The number of benzene rings is 1. The van der Waals surface area contributed by atoms with E-state index >= 15 is 0 Å². The summed E-state index contributed by atoms with van der Waals surface area (Å²) < 4.78 is 76.3. The van der Waals surface area contributed by atoms with Gasteiger partial charge in [0.05, 0.1) is 15.7 Å². The smallest absolute Gasteiger partial charge is 0.390 e. The first kappa shape index (κ1) is 36.6. The van der Waals surface area contributed by atoms with Gasteiger partial charge >= 0.3 is 6.18 Å². The fourth-order valence-corrected chi connectivity index (χ4v) is 15.0. The lowest BCUT2D eigenvalue weighted by molar-refractivity contribution is -0.290. The van der Waals surface area contributed by atoms with E-state index in [9.17, 15) is 31.8 Å². The molecule has 0 heterocycles.